The van der Waals surface area contributed by atoms with Crippen LogP contribution >= 0.6 is 12.6 Å². The van der Waals surface area contributed by atoms with Gasteiger partial charge in [-0.2, -0.15) is 5.26 Å². The van der Waals surface area contributed by atoms with Crippen molar-refractivity contribution in [3.8, 4) is 17.6 Å². The van der Waals surface area contributed by atoms with Crippen LogP contribution in [0.2, 0.25) is 0 Å². The molecule has 138 valence electrons. The van der Waals surface area contributed by atoms with E-state index in [2.05, 4.69) is 23.7 Å². The molecule has 0 aromatic heterocycles. The van der Waals surface area contributed by atoms with Crippen molar-refractivity contribution in [3.05, 3.63) is 58.7 Å². The van der Waals surface area contributed by atoms with E-state index < -0.39 is 10.7 Å². The third-order valence-corrected chi connectivity index (χ3v) is 5.12. The van der Waals surface area contributed by atoms with Crippen LogP contribution in [0.15, 0.2) is 41.4 Å². The fourth-order valence-electron chi connectivity index (χ4n) is 3.26. The zero-order valence-corrected chi connectivity index (χ0v) is 15.8. The van der Waals surface area contributed by atoms with E-state index in [9.17, 15) is 15.2 Å². The van der Waals surface area contributed by atoms with Gasteiger partial charge in [-0.3, -0.25) is 4.99 Å². The number of carbonyl (C=O) groups is 1. The van der Waals surface area contributed by atoms with Gasteiger partial charge >= 0.3 is 5.97 Å². The first-order valence-corrected chi connectivity index (χ1v) is 8.67. The number of aliphatic imine (C=N–C) groups is 1. The summed E-state index contributed by atoms with van der Waals surface area (Å²) in [4.78, 5) is 16.2. The van der Waals surface area contributed by atoms with E-state index in [0.717, 1.165) is 5.56 Å². The average Bonchev–Trinajstić information content (AvgIpc) is 2.71. The topological polar surface area (TPSA) is 91.9 Å². The van der Waals surface area contributed by atoms with Gasteiger partial charge in [0.15, 0.2) is 16.2 Å². The fourth-order valence-corrected chi connectivity index (χ4v) is 3.64. The number of nitrogens with zero attached hydrogens (tertiary/aromatic N) is 2. The molecule has 3 rings (SSSR count). The zero-order chi connectivity index (χ0) is 19.6. The molecule has 0 bridgehead atoms. The highest BCUT2D eigenvalue weighted by molar-refractivity contribution is 7.82. The molecule has 0 spiro atoms. The predicted molar refractivity (Wildman–Crippen MR) is 104 cm³/mol. The lowest BCUT2D eigenvalue weighted by atomic mass is 9.83. The lowest BCUT2D eigenvalue weighted by Gasteiger charge is -2.29. The third kappa shape index (κ3) is 3.13. The molecule has 2 aromatic rings. The van der Waals surface area contributed by atoms with Gasteiger partial charge in [-0.25, -0.2) is 4.79 Å². The standard InChI is InChI=1S/C20H18N2O4S/c1-25-16-9-12-7-8-22-18(14(12)10-17(16)26-2)20(27,11-21)15-6-4-3-5-13(15)19(23)24/h3-6,9-10,27H,7-8H2,1-2H3,(H,23,24). The second kappa shape index (κ2) is 7.33. The van der Waals surface area contributed by atoms with E-state index >= 15 is 0 Å². The molecule has 0 amide bonds. The van der Waals surface area contributed by atoms with Gasteiger partial charge in [-0.05, 0) is 30.2 Å². The Bertz CT molecular complexity index is 980. The Morgan fingerprint density at radius 3 is 2.56 bits per heavy atom. The van der Waals surface area contributed by atoms with E-state index in [0.29, 0.717) is 35.7 Å². The molecule has 0 aliphatic carbocycles. The molecule has 1 aliphatic rings. The van der Waals surface area contributed by atoms with Crippen LogP contribution in [0.1, 0.15) is 27.0 Å². The summed E-state index contributed by atoms with van der Waals surface area (Å²) in [6.45, 7) is 0.469. The van der Waals surface area contributed by atoms with E-state index in [1.54, 1.807) is 31.4 Å². The van der Waals surface area contributed by atoms with Crippen molar-refractivity contribution < 1.29 is 19.4 Å². The molecule has 0 radical (unpaired) electrons. The van der Waals surface area contributed by atoms with Gasteiger partial charge in [-0.1, -0.05) is 18.2 Å². The Hall–Kier alpha value is -2.98. The van der Waals surface area contributed by atoms with Gasteiger partial charge in [0.25, 0.3) is 0 Å². The Labute approximate surface area is 162 Å². The number of methoxy groups -OCH3 is 2. The van der Waals surface area contributed by atoms with E-state index in [1.165, 1.54) is 13.2 Å². The van der Waals surface area contributed by atoms with Gasteiger partial charge < -0.3 is 14.6 Å². The molecule has 0 saturated heterocycles. The van der Waals surface area contributed by atoms with Crippen molar-refractivity contribution in [2.75, 3.05) is 20.8 Å². The molecule has 7 heteroatoms. The summed E-state index contributed by atoms with van der Waals surface area (Å²) < 4.78 is 9.22. The maximum Gasteiger partial charge on any atom is 0.336 e. The molecule has 1 heterocycles. The predicted octanol–water partition coefficient (Wildman–Crippen LogP) is 3.10. The molecular formula is C20H18N2O4S. The summed E-state index contributed by atoms with van der Waals surface area (Å²) >= 11 is 4.63. The second-order valence-electron chi connectivity index (χ2n) is 6.02. The number of fused-ring (bicyclic) bond motifs is 1. The number of aromatic carboxylic acids is 1. The van der Waals surface area contributed by atoms with Crippen molar-refractivity contribution in [2.24, 2.45) is 4.99 Å². The normalized spacial score (nSPS) is 15.0. The Kier molecular flexibility index (Phi) is 5.10. The summed E-state index contributed by atoms with van der Waals surface area (Å²) in [5, 5.41) is 19.5. The lowest BCUT2D eigenvalue weighted by Crippen LogP contribution is -2.34. The highest BCUT2D eigenvalue weighted by Crippen LogP contribution is 2.40. The SMILES string of the molecule is COc1cc2c(cc1OC)C(C(S)(C#N)c1ccccc1C(=O)O)=NCC2. The number of thiol groups is 1. The van der Waals surface area contributed by atoms with Crippen LogP contribution in [-0.4, -0.2) is 37.6 Å². The van der Waals surface area contributed by atoms with Gasteiger partial charge in [0.2, 0.25) is 0 Å². The molecule has 0 fully saturated rings. The number of ether oxygens (including phenoxy) is 2. The fraction of sp³-hybridized carbons (Fsp3) is 0.250. The number of benzene rings is 2. The van der Waals surface area contributed by atoms with Crippen LogP contribution in [0.4, 0.5) is 0 Å². The van der Waals surface area contributed by atoms with Crippen molar-refractivity contribution in [1.29, 1.82) is 5.26 Å². The first-order valence-electron chi connectivity index (χ1n) is 8.23. The maximum atomic E-state index is 11.7. The van der Waals surface area contributed by atoms with Gasteiger partial charge in [0.05, 0.1) is 31.6 Å². The summed E-state index contributed by atoms with van der Waals surface area (Å²) in [5.41, 5.74) is 2.35. The van der Waals surface area contributed by atoms with E-state index in [4.69, 9.17) is 9.47 Å². The van der Waals surface area contributed by atoms with Crippen LogP contribution in [0.5, 0.6) is 11.5 Å². The van der Waals surface area contributed by atoms with Crippen molar-refractivity contribution in [1.82, 2.24) is 0 Å². The Morgan fingerprint density at radius 2 is 1.93 bits per heavy atom. The smallest absolute Gasteiger partial charge is 0.336 e. The number of hydrogen-bond donors (Lipinski definition) is 2. The third-order valence-electron chi connectivity index (χ3n) is 4.57. The molecule has 2 aromatic carbocycles. The Balaban J connectivity index is 2.23. The van der Waals surface area contributed by atoms with Crippen LogP contribution in [-0.2, 0) is 11.2 Å². The summed E-state index contributed by atoms with van der Waals surface area (Å²) in [6.07, 6.45) is 0.676. The van der Waals surface area contributed by atoms with Gasteiger partial charge in [-0.15, -0.1) is 12.6 Å². The maximum absolute atomic E-state index is 11.7. The molecular weight excluding hydrogens is 364 g/mol. The number of rotatable bonds is 5. The van der Waals surface area contributed by atoms with Gasteiger partial charge in [0.1, 0.15) is 0 Å². The minimum atomic E-state index is -1.52. The minimum absolute atomic E-state index is 0.0179. The first-order chi connectivity index (χ1) is 13.0. The van der Waals surface area contributed by atoms with Crippen LogP contribution in [0.25, 0.3) is 0 Å². The Morgan fingerprint density at radius 1 is 1.26 bits per heavy atom. The molecule has 6 nitrogen and oxygen atoms in total. The molecule has 1 unspecified atom stereocenters. The van der Waals surface area contributed by atoms with E-state index in [1.807, 2.05) is 6.07 Å². The lowest BCUT2D eigenvalue weighted by molar-refractivity contribution is 0.0695. The average molecular weight is 382 g/mol. The van der Waals surface area contributed by atoms with Crippen LogP contribution in [0, 0.1) is 11.3 Å². The first kappa shape index (κ1) is 18.8. The molecule has 1 atom stereocenters. The van der Waals surface area contributed by atoms with Crippen LogP contribution in [0.3, 0.4) is 0 Å². The van der Waals surface area contributed by atoms with Crippen molar-refractivity contribution in [2.45, 2.75) is 11.2 Å². The highest BCUT2D eigenvalue weighted by Gasteiger charge is 2.40. The highest BCUT2D eigenvalue weighted by atomic mass is 32.1. The molecule has 1 aliphatic heterocycles. The molecule has 27 heavy (non-hydrogen) atoms. The number of hydrogen-bond acceptors (Lipinski definition) is 6. The summed E-state index contributed by atoms with van der Waals surface area (Å²) in [6, 6.07) is 12.1. The quantitative estimate of drug-likeness (QED) is 0.776. The second-order valence-corrected chi connectivity index (χ2v) is 6.69. The van der Waals surface area contributed by atoms with E-state index in [-0.39, 0.29) is 11.1 Å². The van der Waals surface area contributed by atoms with Crippen molar-refractivity contribution in [3.63, 3.8) is 0 Å². The minimum Gasteiger partial charge on any atom is -0.493 e. The summed E-state index contributed by atoms with van der Waals surface area (Å²) in [7, 11) is 3.09. The number of carboxylic acids is 1. The number of nitriles is 1. The van der Waals surface area contributed by atoms with Gasteiger partial charge in [0, 0.05) is 17.7 Å². The van der Waals surface area contributed by atoms with Crippen molar-refractivity contribution >= 4 is 24.3 Å². The zero-order valence-electron chi connectivity index (χ0n) is 14.9. The number of carboxylic acid groups (broad SMARTS) is 1. The molecule has 1 N–H and O–H groups in total. The monoisotopic (exact) mass is 382 g/mol. The molecule has 0 saturated carbocycles. The summed E-state index contributed by atoms with van der Waals surface area (Å²) in [5.74, 6) is -0.0284. The largest absolute Gasteiger partial charge is 0.493 e. The van der Waals surface area contributed by atoms with Crippen LogP contribution < -0.4 is 9.47 Å².